The number of ether oxygens (including phenoxy) is 2. The zero-order valence-corrected chi connectivity index (χ0v) is 69.2. The van der Waals surface area contributed by atoms with E-state index in [0.29, 0.717) is 90.6 Å². The predicted molar refractivity (Wildman–Crippen MR) is 465 cm³/mol. The lowest BCUT2D eigenvalue weighted by Gasteiger charge is -2.42. The molecule has 4 saturated heterocycles. The maximum atomic E-state index is 12.3. The second-order valence-corrected chi connectivity index (χ2v) is 32.1. The standard InChI is InChI=1S/C31H39N7O2.C30H38N6O3.C29H36N6O3/c1-3-10-34-12-14-37(15-13-34)31-32-27-22-38(28-21-24(39)20-23-7-5-6-8-25(23)28)11-9-26(27)30(33-31)36-18-16-35(17-19-36)29(40)4-2;1-6-28(38)35-13-14-36(20(2)17-35)29-25-11-12-34(27-16-23(37)15-22-9-7-8-10-24(22)27)19-26(25)31-30(32-29)39-21(3)18-33(4)5;1-5-27(37)34-12-13-35(20(2)18-34)28-24-10-11-33(19-25(24)30-29(31-28)38-15-14-32(3)4)26-17-22(36)16-21-8-6-7-9-23(21)26/h4-8,20-21,39H,2-3,9-19,22H2,1H3;6-10,15-16,20-21,37H,1,11-14,17-19H2,2-5H3;5-9,16-17,20,36H,1,10-15,18-19H2,2-4H3/t;20-,21+;20-/m.00/s1. The molecule has 0 unspecified atom stereocenters. The molecule has 3 atom stereocenters. The molecule has 7 aliphatic rings. The minimum Gasteiger partial charge on any atom is -0.508 e. The summed E-state index contributed by atoms with van der Waals surface area (Å²) in [6.45, 7) is 37.3. The quantitative estimate of drug-likeness (QED) is 0.0600. The van der Waals surface area contributed by atoms with Gasteiger partial charge in [-0.1, -0.05) is 99.5 Å². The van der Waals surface area contributed by atoms with Crippen LogP contribution in [0.2, 0.25) is 0 Å². The largest absolute Gasteiger partial charge is 0.508 e. The van der Waals surface area contributed by atoms with Crippen LogP contribution in [0.4, 0.5) is 40.5 Å². The van der Waals surface area contributed by atoms with Crippen molar-refractivity contribution in [2.45, 2.75) is 91.2 Å². The Kier molecular flexibility index (Phi) is 25.7. The van der Waals surface area contributed by atoms with Crippen molar-refractivity contribution in [1.82, 2.24) is 59.3 Å². The van der Waals surface area contributed by atoms with Crippen LogP contribution in [0, 0.1) is 0 Å². The zero-order valence-electron chi connectivity index (χ0n) is 69.2. The Morgan fingerprint density at radius 3 is 1.32 bits per heavy atom. The minimum atomic E-state index is -0.0832. The molecule has 3 aromatic heterocycles. The molecule has 117 heavy (non-hydrogen) atoms. The van der Waals surface area contributed by atoms with Crippen molar-refractivity contribution in [2.24, 2.45) is 0 Å². The van der Waals surface area contributed by atoms with Crippen LogP contribution in [-0.4, -0.2) is 276 Å². The van der Waals surface area contributed by atoms with Gasteiger partial charge >= 0.3 is 12.0 Å². The lowest BCUT2D eigenvalue weighted by Crippen LogP contribution is -2.54. The van der Waals surface area contributed by atoms with Crippen LogP contribution in [0.3, 0.4) is 0 Å². The molecule has 0 aliphatic carbocycles. The molecule has 10 heterocycles. The molecule has 0 saturated carbocycles. The molecule has 9 aromatic rings. The van der Waals surface area contributed by atoms with Crippen LogP contribution in [0.25, 0.3) is 32.3 Å². The number of likely N-dealkylation sites (N-methyl/N-ethyl adjacent to an activating group) is 2. The van der Waals surface area contributed by atoms with Crippen LogP contribution in [0.1, 0.15) is 67.9 Å². The number of benzene rings is 6. The fraction of sp³-hybridized carbons (Fsp3) is 0.433. The van der Waals surface area contributed by atoms with Crippen molar-refractivity contribution in [1.29, 1.82) is 0 Å². The summed E-state index contributed by atoms with van der Waals surface area (Å²) in [6, 6.07) is 36.4. The van der Waals surface area contributed by atoms with Crippen molar-refractivity contribution in [3.63, 3.8) is 0 Å². The molecule has 4 fully saturated rings. The van der Waals surface area contributed by atoms with Gasteiger partial charge in [0.25, 0.3) is 0 Å². The lowest BCUT2D eigenvalue weighted by atomic mass is 10.0. The van der Waals surface area contributed by atoms with E-state index in [1.54, 1.807) is 12.1 Å². The topological polar surface area (TPSA) is 250 Å². The highest BCUT2D eigenvalue weighted by molar-refractivity contribution is 5.98. The number of piperazine rings is 4. The number of hydrogen-bond donors (Lipinski definition) is 3. The number of amides is 3. The molecule has 27 nitrogen and oxygen atoms in total. The average molecular weight is 1590 g/mol. The van der Waals surface area contributed by atoms with Crippen molar-refractivity contribution < 1.29 is 39.2 Å². The van der Waals surface area contributed by atoms with Gasteiger partial charge in [0.2, 0.25) is 23.7 Å². The summed E-state index contributed by atoms with van der Waals surface area (Å²) < 4.78 is 12.3. The Bertz CT molecular complexity index is 5110. The number of hydrogen-bond acceptors (Lipinski definition) is 24. The first-order chi connectivity index (χ1) is 56.6. The van der Waals surface area contributed by atoms with Crippen molar-refractivity contribution in [3.8, 4) is 29.3 Å². The highest BCUT2D eigenvalue weighted by Gasteiger charge is 2.37. The number of carbonyl (C=O) groups is 3. The summed E-state index contributed by atoms with van der Waals surface area (Å²) in [4.78, 5) is 95.0. The van der Waals surface area contributed by atoms with E-state index in [1.165, 1.54) is 30.2 Å². The monoisotopic (exact) mass is 1590 g/mol. The Balaban J connectivity index is 0.000000145. The van der Waals surface area contributed by atoms with E-state index in [9.17, 15) is 29.7 Å². The van der Waals surface area contributed by atoms with E-state index in [0.717, 1.165) is 199 Å². The van der Waals surface area contributed by atoms with Gasteiger partial charge in [0.15, 0.2) is 0 Å². The first-order valence-corrected chi connectivity index (χ1v) is 41.3. The van der Waals surface area contributed by atoms with Crippen LogP contribution >= 0.6 is 0 Å². The number of anilines is 7. The van der Waals surface area contributed by atoms with E-state index >= 15 is 0 Å². The third-order valence-corrected chi connectivity index (χ3v) is 23.3. The van der Waals surface area contributed by atoms with Gasteiger partial charge < -0.3 is 83.6 Å². The maximum absolute atomic E-state index is 12.3. The molecular formula is C90H113N19O8. The van der Waals surface area contributed by atoms with E-state index in [2.05, 4.69) is 108 Å². The molecule has 7 aliphatic heterocycles. The average Bonchev–Trinajstić information content (AvgIpc) is 0.768. The van der Waals surface area contributed by atoms with E-state index in [4.69, 9.17) is 39.4 Å². The number of carbonyl (C=O) groups excluding carboxylic acids is 3. The molecule has 0 spiro atoms. The summed E-state index contributed by atoms with van der Waals surface area (Å²) in [6.07, 6.45) is 7.60. The van der Waals surface area contributed by atoms with Crippen LogP contribution in [0.5, 0.6) is 29.3 Å². The molecule has 0 radical (unpaired) electrons. The van der Waals surface area contributed by atoms with Crippen molar-refractivity contribution >= 4 is 90.5 Å². The molecule has 3 N–H and O–H groups in total. The fourth-order valence-corrected chi connectivity index (χ4v) is 17.4. The number of fused-ring (bicyclic) bond motifs is 6. The molecule has 0 bridgehead atoms. The first-order valence-electron chi connectivity index (χ1n) is 41.3. The van der Waals surface area contributed by atoms with E-state index in [-0.39, 0.29) is 53.2 Å². The highest BCUT2D eigenvalue weighted by atomic mass is 16.5. The summed E-state index contributed by atoms with van der Waals surface area (Å²) in [7, 11) is 8.04. The third-order valence-electron chi connectivity index (χ3n) is 23.3. The second-order valence-electron chi connectivity index (χ2n) is 32.1. The summed E-state index contributed by atoms with van der Waals surface area (Å²) in [5, 5.41) is 37.8. The summed E-state index contributed by atoms with van der Waals surface area (Å²) in [5.74, 6) is 4.30. The second kappa shape index (κ2) is 36.7. The Morgan fingerprint density at radius 1 is 0.479 bits per heavy atom. The SMILES string of the molecule is C=CC(=O)N1CCN(c2nc(N3CCN(CCC)CC3)nc3c2CCN(c2cc(O)cc4ccccc24)C3)CC1.C=CC(=O)N1CCN(c2nc(OCCN(C)C)nc3c2CCN(c2cc(O)cc4ccccc24)C3)[C@@H](C)C1.C=CC(=O)N1CCN(c2nc(O[C@H](C)CN(C)C)nc3c2CCN(c2cc(O)cc4ccccc24)C3)[C@@H](C)C1. The molecule has 616 valence electrons. The first kappa shape index (κ1) is 82.0. The van der Waals surface area contributed by atoms with Crippen LogP contribution in [0.15, 0.2) is 147 Å². The summed E-state index contributed by atoms with van der Waals surface area (Å²) in [5.41, 5.74) is 9.40. The molecule has 3 amide bonds. The lowest BCUT2D eigenvalue weighted by molar-refractivity contribution is -0.127. The number of aromatic nitrogens is 6. The van der Waals surface area contributed by atoms with Gasteiger partial charge in [0.1, 0.15) is 47.4 Å². The van der Waals surface area contributed by atoms with Crippen molar-refractivity contribution in [3.05, 3.63) is 181 Å². The van der Waals surface area contributed by atoms with Gasteiger partial charge in [-0.05, 0) is 134 Å². The number of rotatable bonds is 20. The third kappa shape index (κ3) is 18.8. The van der Waals surface area contributed by atoms with Gasteiger partial charge in [-0.2, -0.15) is 24.9 Å². The Hall–Kier alpha value is -11.6. The van der Waals surface area contributed by atoms with E-state index < -0.39 is 0 Å². The number of phenolic OH excluding ortho intramolecular Hbond substituents is 3. The number of phenols is 3. The molecule has 27 heteroatoms. The Labute approximate surface area is 686 Å². The van der Waals surface area contributed by atoms with Gasteiger partial charge in [-0.25, -0.2) is 4.98 Å². The van der Waals surface area contributed by atoms with Crippen LogP contribution in [-0.2, 0) is 53.3 Å². The molecule has 6 aromatic carbocycles. The maximum Gasteiger partial charge on any atom is 0.318 e. The van der Waals surface area contributed by atoms with Crippen molar-refractivity contribution in [2.75, 3.05) is 200 Å². The molecular weight excluding hydrogens is 1480 g/mol. The normalized spacial score (nSPS) is 18.0. The number of aromatic hydroxyl groups is 3. The van der Waals surface area contributed by atoms with E-state index in [1.807, 2.05) is 129 Å². The minimum absolute atomic E-state index is 0.0102. The smallest absolute Gasteiger partial charge is 0.318 e. The predicted octanol–water partition coefficient (Wildman–Crippen LogP) is 9.78. The van der Waals surface area contributed by atoms with Gasteiger partial charge in [0.05, 0.1) is 36.7 Å². The number of nitrogens with zero attached hydrogens (tertiary/aromatic N) is 19. The molecule has 16 rings (SSSR count). The van der Waals surface area contributed by atoms with Gasteiger partial charge in [0, 0.05) is 205 Å². The zero-order chi connectivity index (χ0) is 82.1. The van der Waals surface area contributed by atoms with Gasteiger partial charge in [-0.3, -0.25) is 19.3 Å². The Morgan fingerprint density at radius 2 is 0.889 bits per heavy atom. The van der Waals surface area contributed by atoms with Crippen LogP contribution < -0.4 is 43.8 Å². The fourth-order valence-electron chi connectivity index (χ4n) is 17.4. The highest BCUT2D eigenvalue weighted by Crippen LogP contribution is 2.42. The summed E-state index contributed by atoms with van der Waals surface area (Å²) >= 11 is 0. The van der Waals surface area contributed by atoms with Gasteiger partial charge in [-0.15, -0.1) is 0 Å².